The van der Waals surface area contributed by atoms with Crippen molar-refractivity contribution in [3.8, 4) is 11.5 Å². The molecule has 8 nitrogen and oxygen atoms in total. The van der Waals surface area contributed by atoms with Crippen molar-refractivity contribution in [2.45, 2.75) is 6.92 Å². The smallest absolute Gasteiger partial charge is 0.412 e. The second-order valence-corrected chi connectivity index (χ2v) is 5.98. The van der Waals surface area contributed by atoms with Crippen molar-refractivity contribution in [2.24, 2.45) is 0 Å². The summed E-state index contributed by atoms with van der Waals surface area (Å²) in [5, 5.41) is 4.51. The first-order valence-corrected chi connectivity index (χ1v) is 9.70. The SMILES string of the molecule is C=CC(=O)OCCOCCOCCNC(=O)Oc1ccc2c(OCC)cccc2c1. The van der Waals surface area contributed by atoms with Gasteiger partial charge >= 0.3 is 12.1 Å². The topological polar surface area (TPSA) is 92.3 Å². The molecular weight excluding hydrogens is 390 g/mol. The quantitative estimate of drug-likeness (QED) is 0.304. The lowest BCUT2D eigenvalue weighted by atomic mass is 10.1. The van der Waals surface area contributed by atoms with Gasteiger partial charge in [-0.05, 0) is 36.6 Å². The summed E-state index contributed by atoms with van der Waals surface area (Å²) in [5.41, 5.74) is 0. The lowest BCUT2D eigenvalue weighted by molar-refractivity contribution is -0.139. The molecule has 0 aromatic heterocycles. The fourth-order valence-corrected chi connectivity index (χ4v) is 2.53. The maximum Gasteiger partial charge on any atom is 0.412 e. The molecule has 8 heteroatoms. The van der Waals surface area contributed by atoms with E-state index in [0.717, 1.165) is 22.6 Å². The third kappa shape index (κ3) is 8.10. The predicted molar refractivity (Wildman–Crippen MR) is 112 cm³/mol. The van der Waals surface area contributed by atoms with E-state index in [1.54, 1.807) is 12.1 Å². The van der Waals surface area contributed by atoms with E-state index in [2.05, 4.69) is 11.9 Å². The first kappa shape index (κ1) is 23.2. The van der Waals surface area contributed by atoms with Gasteiger partial charge in [0.2, 0.25) is 0 Å². The van der Waals surface area contributed by atoms with Crippen LogP contribution in [0.25, 0.3) is 10.8 Å². The lowest BCUT2D eigenvalue weighted by Crippen LogP contribution is -2.30. The highest BCUT2D eigenvalue weighted by atomic mass is 16.6. The summed E-state index contributed by atoms with van der Waals surface area (Å²) in [6.45, 7) is 7.60. The maximum atomic E-state index is 11.9. The number of carbonyl (C=O) groups excluding carboxylic acids is 2. The van der Waals surface area contributed by atoms with Crippen molar-refractivity contribution < 1.29 is 33.3 Å². The van der Waals surface area contributed by atoms with Gasteiger partial charge in [-0.2, -0.15) is 0 Å². The van der Waals surface area contributed by atoms with E-state index in [1.807, 2.05) is 31.2 Å². The fourth-order valence-electron chi connectivity index (χ4n) is 2.53. The Bertz CT molecular complexity index is 837. The molecule has 0 aliphatic carbocycles. The van der Waals surface area contributed by atoms with Crippen LogP contribution in [0.2, 0.25) is 0 Å². The molecule has 0 spiro atoms. The normalized spacial score (nSPS) is 10.4. The largest absolute Gasteiger partial charge is 0.493 e. The summed E-state index contributed by atoms with van der Waals surface area (Å²) in [7, 11) is 0. The number of nitrogens with one attached hydrogen (secondary N) is 1. The number of amides is 1. The third-order valence-electron chi connectivity index (χ3n) is 3.85. The van der Waals surface area contributed by atoms with Crippen molar-refractivity contribution in [1.29, 1.82) is 0 Å². The van der Waals surface area contributed by atoms with Crippen LogP contribution in [0.5, 0.6) is 11.5 Å². The molecule has 0 saturated heterocycles. The van der Waals surface area contributed by atoms with Crippen LogP contribution in [0.3, 0.4) is 0 Å². The monoisotopic (exact) mass is 417 g/mol. The van der Waals surface area contributed by atoms with Gasteiger partial charge in [-0.15, -0.1) is 0 Å². The average molecular weight is 417 g/mol. The van der Waals surface area contributed by atoms with E-state index in [0.29, 0.717) is 38.7 Å². The van der Waals surface area contributed by atoms with E-state index in [1.165, 1.54) is 0 Å². The predicted octanol–water partition coefficient (Wildman–Crippen LogP) is 3.09. The van der Waals surface area contributed by atoms with E-state index < -0.39 is 12.1 Å². The Balaban J connectivity index is 1.60. The van der Waals surface area contributed by atoms with Gasteiger partial charge in [0, 0.05) is 18.0 Å². The molecule has 2 aromatic rings. The second kappa shape index (κ2) is 13.2. The molecule has 2 aromatic carbocycles. The maximum absolute atomic E-state index is 11.9. The number of hydrogen-bond donors (Lipinski definition) is 1. The lowest BCUT2D eigenvalue weighted by Gasteiger charge is -2.10. The van der Waals surface area contributed by atoms with E-state index in [4.69, 9.17) is 23.7 Å². The zero-order valence-corrected chi connectivity index (χ0v) is 17.1. The van der Waals surface area contributed by atoms with Gasteiger partial charge in [0.05, 0.1) is 33.0 Å². The van der Waals surface area contributed by atoms with Crippen LogP contribution in [0.4, 0.5) is 4.79 Å². The average Bonchev–Trinajstić information content (AvgIpc) is 2.75. The summed E-state index contributed by atoms with van der Waals surface area (Å²) in [6.07, 6.45) is 0.540. The van der Waals surface area contributed by atoms with Gasteiger partial charge in [-0.3, -0.25) is 0 Å². The molecule has 1 N–H and O–H groups in total. The Kier molecular flexibility index (Phi) is 10.2. The molecule has 0 saturated carbocycles. The third-order valence-corrected chi connectivity index (χ3v) is 3.85. The number of ether oxygens (including phenoxy) is 5. The van der Waals surface area contributed by atoms with Crippen LogP contribution in [-0.2, 0) is 19.0 Å². The molecule has 0 aliphatic rings. The van der Waals surface area contributed by atoms with Gasteiger partial charge < -0.3 is 29.0 Å². The zero-order valence-electron chi connectivity index (χ0n) is 17.1. The highest BCUT2D eigenvalue weighted by molar-refractivity contribution is 5.90. The molecule has 1 amide bonds. The van der Waals surface area contributed by atoms with Crippen LogP contribution in [0, 0.1) is 0 Å². The summed E-state index contributed by atoms with van der Waals surface area (Å²) >= 11 is 0. The molecule has 0 aliphatic heterocycles. The highest BCUT2D eigenvalue weighted by Crippen LogP contribution is 2.28. The molecule has 162 valence electrons. The van der Waals surface area contributed by atoms with E-state index in [9.17, 15) is 9.59 Å². The molecule has 0 atom stereocenters. The fraction of sp³-hybridized carbons (Fsp3) is 0.364. The van der Waals surface area contributed by atoms with Crippen molar-refractivity contribution in [2.75, 3.05) is 46.2 Å². The zero-order chi connectivity index (χ0) is 21.6. The number of fused-ring (bicyclic) bond motifs is 1. The van der Waals surface area contributed by atoms with Crippen LogP contribution in [0.15, 0.2) is 49.1 Å². The molecule has 0 bridgehead atoms. The highest BCUT2D eigenvalue weighted by Gasteiger charge is 2.07. The molecule has 2 rings (SSSR count). The van der Waals surface area contributed by atoms with Gasteiger partial charge in [0.15, 0.2) is 0 Å². The number of esters is 1. The van der Waals surface area contributed by atoms with Gasteiger partial charge in [-0.1, -0.05) is 18.7 Å². The Morgan fingerprint density at radius 3 is 2.57 bits per heavy atom. The number of rotatable bonds is 13. The van der Waals surface area contributed by atoms with Crippen LogP contribution in [0.1, 0.15) is 6.92 Å². The minimum Gasteiger partial charge on any atom is -0.493 e. The van der Waals surface area contributed by atoms with Gasteiger partial charge in [-0.25, -0.2) is 9.59 Å². The van der Waals surface area contributed by atoms with Crippen LogP contribution < -0.4 is 14.8 Å². The minimum absolute atomic E-state index is 0.167. The number of carbonyl (C=O) groups is 2. The summed E-state index contributed by atoms with van der Waals surface area (Å²) in [5.74, 6) is 0.761. The molecule has 0 radical (unpaired) electrons. The molecule has 0 unspecified atom stereocenters. The molecule has 0 fully saturated rings. The Morgan fingerprint density at radius 2 is 1.80 bits per heavy atom. The van der Waals surface area contributed by atoms with Crippen molar-refractivity contribution >= 4 is 22.8 Å². The van der Waals surface area contributed by atoms with E-state index >= 15 is 0 Å². The molecule has 30 heavy (non-hydrogen) atoms. The summed E-state index contributed by atoms with van der Waals surface area (Å²) in [4.78, 5) is 22.7. The summed E-state index contributed by atoms with van der Waals surface area (Å²) in [6, 6.07) is 11.1. The number of hydrogen-bond acceptors (Lipinski definition) is 7. The second-order valence-electron chi connectivity index (χ2n) is 5.98. The molecular formula is C22H27NO7. The minimum atomic E-state index is -0.556. The first-order valence-electron chi connectivity index (χ1n) is 9.70. The van der Waals surface area contributed by atoms with Crippen molar-refractivity contribution in [3.05, 3.63) is 49.1 Å². The van der Waals surface area contributed by atoms with Gasteiger partial charge in [0.1, 0.15) is 18.1 Å². The Labute approximate surface area is 175 Å². The Morgan fingerprint density at radius 1 is 1.03 bits per heavy atom. The van der Waals surface area contributed by atoms with Crippen LogP contribution in [-0.4, -0.2) is 58.2 Å². The first-order chi connectivity index (χ1) is 14.6. The number of benzene rings is 2. The van der Waals surface area contributed by atoms with Crippen molar-refractivity contribution in [1.82, 2.24) is 5.32 Å². The molecule has 0 heterocycles. The van der Waals surface area contributed by atoms with Crippen LogP contribution >= 0.6 is 0 Å². The van der Waals surface area contributed by atoms with Gasteiger partial charge in [0.25, 0.3) is 0 Å². The Hall–Kier alpha value is -3.10. The standard InChI is InChI=1S/C22H27NO7/c1-3-21(24)29-15-14-27-13-12-26-11-10-23-22(25)30-18-8-9-19-17(16-18)6-5-7-20(19)28-4-2/h3,5-9,16H,1,4,10-15H2,2H3,(H,23,25). The van der Waals surface area contributed by atoms with E-state index in [-0.39, 0.29) is 13.2 Å². The summed E-state index contributed by atoms with van der Waals surface area (Å²) < 4.78 is 26.2. The van der Waals surface area contributed by atoms with Crippen molar-refractivity contribution in [3.63, 3.8) is 0 Å².